The van der Waals surface area contributed by atoms with E-state index in [0.717, 1.165) is 5.56 Å². The Hall–Kier alpha value is -3.59. The normalized spacial score (nSPS) is 10.2. The van der Waals surface area contributed by atoms with Crippen LogP contribution in [-0.2, 0) is 10.5 Å². The summed E-state index contributed by atoms with van der Waals surface area (Å²) >= 11 is 1.40. The molecule has 31 heavy (non-hydrogen) atoms. The lowest BCUT2D eigenvalue weighted by Crippen LogP contribution is -2.04. The third kappa shape index (κ3) is 5.32. The Morgan fingerprint density at radius 1 is 1.00 bits per heavy atom. The predicted molar refractivity (Wildman–Crippen MR) is 117 cm³/mol. The number of hydrogen-bond donors (Lipinski definition) is 0. The predicted octanol–water partition coefficient (Wildman–Crippen LogP) is 4.21. The van der Waals surface area contributed by atoms with Crippen molar-refractivity contribution in [2.75, 3.05) is 27.4 Å². The number of rotatable bonds is 9. The van der Waals surface area contributed by atoms with Crippen molar-refractivity contribution in [3.05, 3.63) is 65.5 Å². The molecule has 156 valence electrons. The van der Waals surface area contributed by atoms with E-state index in [4.69, 9.17) is 14.2 Å². The summed E-state index contributed by atoms with van der Waals surface area (Å²) in [6.07, 6.45) is 3.47. The molecule has 0 N–H and O–H groups in total. The molecule has 3 rings (SSSR count). The summed E-state index contributed by atoms with van der Waals surface area (Å²) in [4.78, 5) is 8.55. The van der Waals surface area contributed by atoms with Crippen molar-refractivity contribution >= 4 is 11.8 Å². The van der Waals surface area contributed by atoms with Crippen LogP contribution < -0.4 is 9.47 Å². The molecule has 0 fully saturated rings. The zero-order valence-corrected chi connectivity index (χ0v) is 18.0. The van der Waals surface area contributed by atoms with Gasteiger partial charge in [-0.3, -0.25) is 4.98 Å². The Balaban J connectivity index is 2.01. The quantitative estimate of drug-likeness (QED) is 0.366. The van der Waals surface area contributed by atoms with Gasteiger partial charge in [0, 0.05) is 30.8 Å². The van der Waals surface area contributed by atoms with Crippen molar-refractivity contribution in [3.8, 4) is 34.9 Å². The van der Waals surface area contributed by atoms with E-state index in [1.807, 2.05) is 24.3 Å². The Labute approximate surface area is 185 Å². The molecule has 0 amide bonds. The van der Waals surface area contributed by atoms with Gasteiger partial charge in [-0.05, 0) is 29.3 Å². The smallest absolute Gasteiger partial charge is 0.233 e. The van der Waals surface area contributed by atoms with Crippen LogP contribution in [0.15, 0.2) is 53.8 Å². The summed E-state index contributed by atoms with van der Waals surface area (Å²) < 4.78 is 16.0. The third-order valence-corrected chi connectivity index (χ3v) is 5.39. The van der Waals surface area contributed by atoms with Gasteiger partial charge in [0.15, 0.2) is 0 Å². The summed E-state index contributed by atoms with van der Waals surface area (Å²) in [6, 6.07) is 15.4. The van der Waals surface area contributed by atoms with Gasteiger partial charge in [-0.25, -0.2) is 4.98 Å². The first-order valence-corrected chi connectivity index (χ1v) is 10.4. The van der Waals surface area contributed by atoms with E-state index >= 15 is 0 Å². The fourth-order valence-corrected chi connectivity index (χ4v) is 3.80. The number of nitrogens with zero attached hydrogens (tertiary/aromatic N) is 4. The zero-order valence-electron chi connectivity index (χ0n) is 17.2. The standard InChI is InChI=1S/C23H20N4O3S/c1-28-10-11-30-18-7-5-17(6-8-18)21-19(12-24)22(29-2)27-23(20(21)13-25)31-15-16-4-3-9-26-14-16/h3-9,14H,10-11,15H2,1-2H3. The van der Waals surface area contributed by atoms with E-state index in [1.54, 1.807) is 31.6 Å². The van der Waals surface area contributed by atoms with Crippen LogP contribution >= 0.6 is 11.8 Å². The van der Waals surface area contributed by atoms with Gasteiger partial charge in [0.25, 0.3) is 0 Å². The number of methoxy groups -OCH3 is 2. The number of hydrogen-bond acceptors (Lipinski definition) is 8. The number of aromatic nitrogens is 2. The second-order valence-corrected chi connectivity index (χ2v) is 7.25. The Morgan fingerprint density at radius 2 is 1.77 bits per heavy atom. The summed E-state index contributed by atoms with van der Waals surface area (Å²) in [5, 5.41) is 20.2. The molecule has 0 radical (unpaired) electrons. The Kier molecular flexibility index (Phi) is 7.83. The molecule has 0 saturated carbocycles. The lowest BCUT2D eigenvalue weighted by atomic mass is 9.97. The molecule has 0 aliphatic rings. The Bertz CT molecular complexity index is 1110. The minimum absolute atomic E-state index is 0.186. The highest BCUT2D eigenvalue weighted by Crippen LogP contribution is 2.38. The zero-order chi connectivity index (χ0) is 22.1. The first-order chi connectivity index (χ1) is 15.2. The molecule has 1 aromatic carbocycles. The van der Waals surface area contributed by atoms with Crippen molar-refractivity contribution in [1.29, 1.82) is 10.5 Å². The molecule has 7 nitrogen and oxygen atoms in total. The van der Waals surface area contributed by atoms with Crippen molar-refractivity contribution < 1.29 is 14.2 Å². The van der Waals surface area contributed by atoms with Crippen LogP contribution in [0.5, 0.6) is 11.6 Å². The van der Waals surface area contributed by atoms with E-state index in [1.165, 1.54) is 18.9 Å². The fourth-order valence-electron chi connectivity index (χ4n) is 2.89. The third-order valence-electron chi connectivity index (χ3n) is 4.35. The second kappa shape index (κ2) is 11.0. The van der Waals surface area contributed by atoms with Gasteiger partial charge in [0.2, 0.25) is 5.88 Å². The molecule has 0 spiro atoms. The molecule has 2 aromatic heterocycles. The lowest BCUT2D eigenvalue weighted by Gasteiger charge is -2.14. The van der Waals surface area contributed by atoms with Crippen molar-refractivity contribution in [2.45, 2.75) is 10.8 Å². The summed E-state index contributed by atoms with van der Waals surface area (Å²) in [7, 11) is 3.07. The van der Waals surface area contributed by atoms with Crippen molar-refractivity contribution in [2.24, 2.45) is 0 Å². The van der Waals surface area contributed by atoms with Gasteiger partial charge in [0.05, 0.1) is 19.3 Å². The van der Waals surface area contributed by atoms with E-state index in [0.29, 0.717) is 46.4 Å². The fraction of sp³-hybridized carbons (Fsp3) is 0.217. The maximum atomic E-state index is 9.93. The number of pyridine rings is 2. The van der Waals surface area contributed by atoms with Crippen molar-refractivity contribution in [3.63, 3.8) is 0 Å². The van der Waals surface area contributed by atoms with Gasteiger partial charge in [-0.15, -0.1) is 11.8 Å². The SMILES string of the molecule is COCCOc1ccc(-c2c(C#N)c(OC)nc(SCc3cccnc3)c2C#N)cc1. The summed E-state index contributed by atoms with van der Waals surface area (Å²) in [5.74, 6) is 1.44. The van der Waals surface area contributed by atoms with E-state index < -0.39 is 0 Å². The monoisotopic (exact) mass is 432 g/mol. The molecule has 3 aromatic rings. The largest absolute Gasteiger partial charge is 0.491 e. The molecule has 0 aliphatic carbocycles. The number of ether oxygens (including phenoxy) is 3. The van der Waals surface area contributed by atoms with Crippen LogP contribution in [0.1, 0.15) is 16.7 Å². The molecule has 0 atom stereocenters. The number of benzene rings is 1. The van der Waals surface area contributed by atoms with Crippen molar-refractivity contribution in [1.82, 2.24) is 9.97 Å². The highest BCUT2D eigenvalue weighted by atomic mass is 32.2. The van der Waals surface area contributed by atoms with Gasteiger partial charge in [-0.2, -0.15) is 10.5 Å². The lowest BCUT2D eigenvalue weighted by molar-refractivity contribution is 0.146. The highest BCUT2D eigenvalue weighted by molar-refractivity contribution is 7.98. The highest BCUT2D eigenvalue weighted by Gasteiger charge is 2.22. The minimum Gasteiger partial charge on any atom is -0.491 e. The molecule has 0 aliphatic heterocycles. The number of nitriles is 2. The number of thioether (sulfide) groups is 1. The van der Waals surface area contributed by atoms with Crippen LogP contribution in [0.25, 0.3) is 11.1 Å². The molecule has 0 unspecified atom stereocenters. The van der Waals surface area contributed by atoms with Gasteiger partial charge in [0.1, 0.15) is 35.1 Å². The Morgan fingerprint density at radius 3 is 2.39 bits per heavy atom. The summed E-state index contributed by atoms with van der Waals surface area (Å²) in [6.45, 7) is 0.916. The van der Waals surface area contributed by atoms with Gasteiger partial charge < -0.3 is 14.2 Å². The topological polar surface area (TPSA) is 101 Å². The molecule has 0 bridgehead atoms. The van der Waals surface area contributed by atoms with Crippen LogP contribution in [-0.4, -0.2) is 37.4 Å². The van der Waals surface area contributed by atoms with Crippen LogP contribution in [0.4, 0.5) is 0 Å². The molecule has 8 heteroatoms. The molecular formula is C23H20N4O3S. The van der Waals surface area contributed by atoms with Gasteiger partial charge >= 0.3 is 0 Å². The molecule has 2 heterocycles. The minimum atomic E-state index is 0.186. The van der Waals surface area contributed by atoms with Gasteiger partial charge in [-0.1, -0.05) is 18.2 Å². The first-order valence-electron chi connectivity index (χ1n) is 9.37. The van der Waals surface area contributed by atoms with E-state index in [9.17, 15) is 10.5 Å². The van der Waals surface area contributed by atoms with E-state index in [2.05, 4.69) is 22.1 Å². The van der Waals surface area contributed by atoms with Crippen LogP contribution in [0, 0.1) is 22.7 Å². The average Bonchev–Trinajstić information content (AvgIpc) is 2.82. The van der Waals surface area contributed by atoms with Crippen LogP contribution in [0.2, 0.25) is 0 Å². The van der Waals surface area contributed by atoms with E-state index in [-0.39, 0.29) is 11.4 Å². The molecule has 0 saturated heterocycles. The van der Waals surface area contributed by atoms with Crippen LogP contribution in [0.3, 0.4) is 0 Å². The molecular weight excluding hydrogens is 412 g/mol. The second-order valence-electron chi connectivity index (χ2n) is 6.29. The maximum absolute atomic E-state index is 9.93. The summed E-state index contributed by atoms with van der Waals surface area (Å²) in [5.41, 5.74) is 2.75. The maximum Gasteiger partial charge on any atom is 0.233 e. The first kappa shape index (κ1) is 22.1. The average molecular weight is 433 g/mol.